The molecule has 0 aliphatic carbocycles. The van der Waals surface area contributed by atoms with E-state index in [0.29, 0.717) is 30.5 Å². The van der Waals surface area contributed by atoms with E-state index in [2.05, 4.69) is 20.5 Å². The van der Waals surface area contributed by atoms with Gasteiger partial charge in [-0.05, 0) is 31.8 Å². The van der Waals surface area contributed by atoms with Crippen LogP contribution in [0.25, 0.3) is 0 Å². The average molecular weight is 404 g/mol. The van der Waals surface area contributed by atoms with Crippen LogP contribution in [0.1, 0.15) is 17.3 Å². The van der Waals surface area contributed by atoms with Crippen LogP contribution in [0.4, 0.5) is 9.93 Å². The molecule has 1 saturated heterocycles. The highest BCUT2D eigenvalue weighted by atomic mass is 32.1. The van der Waals surface area contributed by atoms with E-state index in [9.17, 15) is 9.59 Å². The van der Waals surface area contributed by atoms with Crippen LogP contribution in [0.2, 0.25) is 0 Å². The molecule has 1 unspecified atom stereocenters. The third-order valence-corrected chi connectivity index (χ3v) is 5.50. The van der Waals surface area contributed by atoms with Gasteiger partial charge in [-0.15, -0.1) is 11.3 Å². The monoisotopic (exact) mass is 403 g/mol. The van der Waals surface area contributed by atoms with Gasteiger partial charge in [0.25, 0.3) is 0 Å². The predicted octanol–water partition coefficient (Wildman–Crippen LogP) is 1.64. The average Bonchev–Trinajstić information content (AvgIpc) is 3.30. The minimum Gasteiger partial charge on any atom is -0.497 e. The van der Waals surface area contributed by atoms with E-state index in [0.717, 1.165) is 11.3 Å². The van der Waals surface area contributed by atoms with Crippen molar-refractivity contribution in [3.8, 4) is 5.75 Å². The number of thiazole rings is 1. The number of ether oxygens (including phenoxy) is 1. The molecule has 2 heterocycles. The summed E-state index contributed by atoms with van der Waals surface area (Å²) in [6.07, 6.45) is 0.189. The Bertz CT molecular complexity index is 821. The van der Waals surface area contributed by atoms with Gasteiger partial charge in [0.2, 0.25) is 5.91 Å². The lowest BCUT2D eigenvalue weighted by Gasteiger charge is -2.25. The summed E-state index contributed by atoms with van der Waals surface area (Å²) in [5.41, 5.74) is 1.77. The van der Waals surface area contributed by atoms with Gasteiger partial charge in [-0.2, -0.15) is 0 Å². The van der Waals surface area contributed by atoms with E-state index in [1.54, 1.807) is 12.0 Å². The van der Waals surface area contributed by atoms with Gasteiger partial charge in [0.1, 0.15) is 5.75 Å². The Hall–Kier alpha value is -2.65. The Labute approximate surface area is 168 Å². The van der Waals surface area contributed by atoms with Crippen molar-refractivity contribution in [2.24, 2.45) is 0 Å². The summed E-state index contributed by atoms with van der Waals surface area (Å²) in [5, 5.41) is 8.19. The van der Waals surface area contributed by atoms with Crippen LogP contribution < -0.4 is 20.3 Å². The number of nitrogens with zero attached hydrogens (tertiary/aromatic N) is 3. The van der Waals surface area contributed by atoms with Gasteiger partial charge in [-0.1, -0.05) is 12.1 Å². The maximum Gasteiger partial charge on any atom is 0.323 e. The smallest absolute Gasteiger partial charge is 0.323 e. The second-order valence-corrected chi connectivity index (χ2v) is 7.57. The van der Waals surface area contributed by atoms with Gasteiger partial charge in [0.15, 0.2) is 5.13 Å². The van der Waals surface area contributed by atoms with Crippen molar-refractivity contribution in [1.29, 1.82) is 0 Å². The molecule has 1 atom stereocenters. The highest BCUT2D eigenvalue weighted by Gasteiger charge is 2.24. The van der Waals surface area contributed by atoms with Crippen molar-refractivity contribution in [2.45, 2.75) is 12.5 Å². The van der Waals surface area contributed by atoms with Gasteiger partial charge in [-0.25, -0.2) is 9.78 Å². The minimum absolute atomic E-state index is 0.0501. The van der Waals surface area contributed by atoms with Crippen molar-refractivity contribution in [3.63, 3.8) is 0 Å². The first-order chi connectivity index (χ1) is 13.5. The fourth-order valence-electron chi connectivity index (χ4n) is 3.02. The molecule has 1 aromatic carbocycles. The number of anilines is 1. The van der Waals surface area contributed by atoms with Crippen LogP contribution in [0.5, 0.6) is 5.75 Å². The second kappa shape index (κ2) is 9.03. The van der Waals surface area contributed by atoms with Gasteiger partial charge < -0.3 is 20.3 Å². The third-order valence-electron chi connectivity index (χ3n) is 4.59. The first-order valence-electron chi connectivity index (χ1n) is 9.04. The lowest BCUT2D eigenvalue weighted by molar-refractivity contribution is -0.120. The van der Waals surface area contributed by atoms with Crippen LogP contribution in [0.15, 0.2) is 29.6 Å². The second-order valence-electron chi connectivity index (χ2n) is 6.74. The number of likely N-dealkylation sites (N-methyl/N-ethyl adjacent to an activating group) is 1. The fourth-order valence-corrected chi connectivity index (χ4v) is 3.87. The number of hydrogen-bond donors (Lipinski definition) is 2. The Kier molecular flexibility index (Phi) is 6.48. The predicted molar refractivity (Wildman–Crippen MR) is 109 cm³/mol. The number of methoxy groups -OCH3 is 1. The first kappa shape index (κ1) is 20.1. The summed E-state index contributed by atoms with van der Waals surface area (Å²) in [6.45, 7) is 1.71. The maximum absolute atomic E-state index is 12.4. The number of amides is 3. The van der Waals surface area contributed by atoms with Crippen LogP contribution in [0.3, 0.4) is 0 Å². The minimum atomic E-state index is -0.140. The quantitative estimate of drug-likeness (QED) is 0.700. The topological polar surface area (TPSA) is 86.8 Å². The molecule has 3 rings (SSSR count). The van der Waals surface area contributed by atoms with E-state index < -0.39 is 0 Å². The molecule has 1 aromatic heterocycles. The Morgan fingerprint density at radius 2 is 2.14 bits per heavy atom. The van der Waals surface area contributed by atoms with Gasteiger partial charge >= 0.3 is 6.03 Å². The van der Waals surface area contributed by atoms with Crippen molar-refractivity contribution in [3.05, 3.63) is 40.9 Å². The van der Waals surface area contributed by atoms with Crippen molar-refractivity contribution < 1.29 is 14.3 Å². The zero-order valence-corrected chi connectivity index (χ0v) is 17.1. The van der Waals surface area contributed by atoms with Crippen LogP contribution in [-0.4, -0.2) is 62.7 Å². The van der Waals surface area contributed by atoms with E-state index in [1.165, 1.54) is 11.3 Å². The molecule has 0 radical (unpaired) electrons. The van der Waals surface area contributed by atoms with Crippen LogP contribution in [0, 0.1) is 0 Å². The molecule has 0 saturated carbocycles. The fraction of sp³-hybridized carbons (Fsp3) is 0.421. The number of hydrogen-bond acceptors (Lipinski definition) is 6. The number of urea groups is 1. The molecule has 1 aliphatic rings. The van der Waals surface area contributed by atoms with Crippen LogP contribution >= 0.6 is 11.3 Å². The van der Waals surface area contributed by atoms with E-state index in [-0.39, 0.29) is 24.4 Å². The summed E-state index contributed by atoms with van der Waals surface area (Å²) in [7, 11) is 5.60. The Balaban J connectivity index is 1.56. The molecular weight excluding hydrogens is 378 g/mol. The number of carbonyl (C=O) groups excluding carboxylic acids is 2. The highest BCUT2D eigenvalue weighted by Crippen LogP contribution is 2.23. The molecule has 9 heteroatoms. The van der Waals surface area contributed by atoms with Crippen molar-refractivity contribution in [2.75, 3.05) is 45.7 Å². The lowest BCUT2D eigenvalue weighted by Crippen LogP contribution is -2.35. The zero-order chi connectivity index (χ0) is 20.1. The molecule has 0 bridgehead atoms. The number of carbonyl (C=O) groups is 2. The summed E-state index contributed by atoms with van der Waals surface area (Å²) in [5.74, 6) is 0.708. The number of nitrogens with one attached hydrogen (secondary N) is 2. The normalized spacial score (nSPS) is 14.9. The summed E-state index contributed by atoms with van der Waals surface area (Å²) in [4.78, 5) is 32.2. The molecule has 1 aliphatic heterocycles. The number of rotatable bonds is 8. The van der Waals surface area contributed by atoms with E-state index in [1.807, 2.05) is 43.7 Å². The Morgan fingerprint density at radius 1 is 1.39 bits per heavy atom. The zero-order valence-electron chi connectivity index (χ0n) is 16.3. The van der Waals surface area contributed by atoms with E-state index >= 15 is 0 Å². The van der Waals surface area contributed by atoms with Gasteiger partial charge in [0, 0.05) is 25.0 Å². The molecule has 1 fully saturated rings. The standard InChI is InChI=1S/C19H25N5O3S/c1-23(2)16(13-4-6-15(27-3)7-5-13)11-21-17(25)10-14-12-28-19(22-14)24-9-8-20-18(24)26/h4-7,12,16H,8-11H2,1-3H3,(H,20,26)(H,21,25). The lowest BCUT2D eigenvalue weighted by atomic mass is 10.1. The van der Waals surface area contributed by atoms with Crippen molar-refractivity contribution >= 4 is 28.4 Å². The SMILES string of the molecule is COc1ccc(C(CNC(=O)Cc2csc(N3CCNC3=O)n2)N(C)C)cc1. The molecule has 3 amide bonds. The largest absolute Gasteiger partial charge is 0.497 e. The molecule has 2 N–H and O–H groups in total. The Morgan fingerprint density at radius 3 is 2.75 bits per heavy atom. The summed E-state index contributed by atoms with van der Waals surface area (Å²) < 4.78 is 5.20. The molecule has 2 aromatic rings. The highest BCUT2D eigenvalue weighted by molar-refractivity contribution is 7.14. The molecule has 150 valence electrons. The molecule has 28 heavy (non-hydrogen) atoms. The molecule has 8 nitrogen and oxygen atoms in total. The van der Waals surface area contributed by atoms with Gasteiger partial charge in [-0.3, -0.25) is 9.69 Å². The first-order valence-corrected chi connectivity index (χ1v) is 9.92. The number of benzene rings is 1. The van der Waals surface area contributed by atoms with Crippen LogP contribution in [-0.2, 0) is 11.2 Å². The van der Waals surface area contributed by atoms with E-state index in [4.69, 9.17) is 4.74 Å². The molecule has 0 spiro atoms. The van der Waals surface area contributed by atoms with Gasteiger partial charge in [0.05, 0.1) is 25.3 Å². The summed E-state index contributed by atoms with van der Waals surface area (Å²) in [6, 6.07) is 7.75. The van der Waals surface area contributed by atoms with Crippen molar-refractivity contribution in [1.82, 2.24) is 20.5 Å². The summed E-state index contributed by atoms with van der Waals surface area (Å²) >= 11 is 1.38. The molecular formula is C19H25N5O3S. The number of aromatic nitrogens is 1. The third kappa shape index (κ3) is 4.79. The maximum atomic E-state index is 12.4.